The lowest BCUT2D eigenvalue weighted by Crippen LogP contribution is -2.15. The molecule has 2 atom stereocenters. The average molecular weight is 214 g/mol. The van der Waals surface area contributed by atoms with Gasteiger partial charge in [0, 0.05) is 13.7 Å². The van der Waals surface area contributed by atoms with Crippen molar-refractivity contribution in [2.24, 2.45) is 11.3 Å². The van der Waals surface area contributed by atoms with E-state index in [2.05, 4.69) is 5.32 Å². The van der Waals surface area contributed by atoms with Crippen molar-refractivity contribution in [1.82, 2.24) is 5.32 Å². The van der Waals surface area contributed by atoms with Crippen LogP contribution in [0.25, 0.3) is 0 Å². The Kier molecular flexibility index (Phi) is 2.86. The zero-order valence-corrected chi connectivity index (χ0v) is 8.29. The van der Waals surface area contributed by atoms with Crippen LogP contribution in [0.2, 0.25) is 0 Å². The molecular formula is C8H14ClF2NO. The van der Waals surface area contributed by atoms with Crippen LogP contribution in [0.15, 0.2) is 0 Å². The van der Waals surface area contributed by atoms with Crippen LogP contribution < -0.4 is 5.32 Å². The predicted octanol–water partition coefficient (Wildman–Crippen LogP) is 1.30. The summed E-state index contributed by atoms with van der Waals surface area (Å²) in [4.78, 5) is 0. The second kappa shape index (κ2) is 3.33. The van der Waals surface area contributed by atoms with Crippen LogP contribution in [-0.4, -0.2) is 32.7 Å². The Labute approximate surface area is 82.4 Å². The van der Waals surface area contributed by atoms with Gasteiger partial charge in [0.05, 0.1) is 17.9 Å². The van der Waals surface area contributed by atoms with Gasteiger partial charge in [-0.3, -0.25) is 0 Å². The largest absolute Gasteiger partial charge is 0.384 e. The molecule has 0 aromatic rings. The van der Waals surface area contributed by atoms with E-state index in [1.165, 1.54) is 7.11 Å². The van der Waals surface area contributed by atoms with Crippen LogP contribution in [0.4, 0.5) is 8.78 Å². The first-order chi connectivity index (χ1) is 5.65. The standard InChI is InChI=1S/C8H13F2NO.ClH/c1-12-4-6-7(8(6,9)10)2-3-11-5-7;/h6,11H,2-5H2,1H3;1H. The normalized spacial score (nSPS) is 40.4. The smallest absolute Gasteiger partial charge is 0.261 e. The molecule has 5 heteroatoms. The maximum atomic E-state index is 13.2. The monoisotopic (exact) mass is 213 g/mol. The second-order valence-corrected chi connectivity index (χ2v) is 3.71. The quantitative estimate of drug-likeness (QED) is 0.747. The van der Waals surface area contributed by atoms with Gasteiger partial charge in [-0.15, -0.1) is 12.4 Å². The summed E-state index contributed by atoms with van der Waals surface area (Å²) in [5.74, 6) is -3.04. The second-order valence-electron chi connectivity index (χ2n) is 3.71. The molecule has 0 bridgehead atoms. The highest BCUT2D eigenvalue weighted by Crippen LogP contribution is 2.68. The molecule has 1 saturated carbocycles. The third-order valence-electron chi connectivity index (χ3n) is 3.21. The van der Waals surface area contributed by atoms with Crippen LogP contribution >= 0.6 is 12.4 Å². The Balaban J connectivity index is 0.000000845. The molecule has 1 spiro atoms. The third-order valence-corrected chi connectivity index (χ3v) is 3.21. The maximum Gasteiger partial charge on any atom is 0.261 e. The van der Waals surface area contributed by atoms with E-state index in [1.807, 2.05) is 0 Å². The fraction of sp³-hybridized carbons (Fsp3) is 1.00. The minimum absolute atomic E-state index is 0. The molecule has 1 aliphatic heterocycles. The molecule has 2 aliphatic rings. The number of rotatable bonds is 2. The highest BCUT2D eigenvalue weighted by atomic mass is 35.5. The predicted molar refractivity (Wildman–Crippen MR) is 47.5 cm³/mol. The van der Waals surface area contributed by atoms with Crippen LogP contribution in [-0.2, 0) is 4.74 Å². The van der Waals surface area contributed by atoms with Gasteiger partial charge in [-0.05, 0) is 13.0 Å². The van der Waals surface area contributed by atoms with E-state index in [0.717, 1.165) is 6.54 Å². The first kappa shape index (κ1) is 11.1. The zero-order chi connectivity index (χ0) is 8.82. The van der Waals surface area contributed by atoms with Crippen LogP contribution in [0.1, 0.15) is 6.42 Å². The highest BCUT2D eigenvalue weighted by Gasteiger charge is 2.80. The minimum Gasteiger partial charge on any atom is -0.384 e. The Morgan fingerprint density at radius 2 is 2.23 bits per heavy atom. The molecule has 2 nitrogen and oxygen atoms in total. The molecule has 1 N–H and O–H groups in total. The van der Waals surface area contributed by atoms with Crippen molar-refractivity contribution in [3.63, 3.8) is 0 Å². The van der Waals surface area contributed by atoms with Gasteiger partial charge in [-0.2, -0.15) is 0 Å². The molecular weight excluding hydrogens is 200 g/mol. The van der Waals surface area contributed by atoms with Gasteiger partial charge in [-0.25, -0.2) is 8.78 Å². The zero-order valence-electron chi connectivity index (χ0n) is 7.48. The van der Waals surface area contributed by atoms with Crippen LogP contribution in [0.3, 0.4) is 0 Å². The number of halogens is 3. The lowest BCUT2D eigenvalue weighted by Gasteiger charge is -2.03. The molecule has 2 unspecified atom stereocenters. The average Bonchev–Trinajstić information content (AvgIpc) is 2.46. The topological polar surface area (TPSA) is 21.3 Å². The summed E-state index contributed by atoms with van der Waals surface area (Å²) in [5.41, 5.74) is -0.761. The first-order valence-corrected chi connectivity index (χ1v) is 4.22. The summed E-state index contributed by atoms with van der Waals surface area (Å²) in [5, 5.41) is 2.98. The molecule has 1 saturated heterocycles. The molecule has 2 fully saturated rings. The van der Waals surface area contributed by atoms with E-state index < -0.39 is 17.3 Å². The summed E-state index contributed by atoms with van der Waals surface area (Å²) >= 11 is 0. The number of hydrogen-bond donors (Lipinski definition) is 1. The lowest BCUT2D eigenvalue weighted by molar-refractivity contribution is 0.0510. The molecule has 0 aromatic heterocycles. The van der Waals surface area contributed by atoms with Gasteiger partial charge in [0.2, 0.25) is 0 Å². The number of alkyl halides is 2. The third kappa shape index (κ3) is 1.27. The maximum absolute atomic E-state index is 13.2. The van der Waals surface area contributed by atoms with Crippen molar-refractivity contribution < 1.29 is 13.5 Å². The van der Waals surface area contributed by atoms with E-state index in [1.54, 1.807) is 0 Å². The van der Waals surface area contributed by atoms with E-state index >= 15 is 0 Å². The van der Waals surface area contributed by atoms with Crippen molar-refractivity contribution in [2.45, 2.75) is 12.3 Å². The van der Waals surface area contributed by atoms with Crippen LogP contribution in [0.5, 0.6) is 0 Å². The van der Waals surface area contributed by atoms with Gasteiger partial charge in [0.25, 0.3) is 5.92 Å². The summed E-state index contributed by atoms with van der Waals surface area (Å²) < 4.78 is 31.2. The molecule has 0 radical (unpaired) electrons. The van der Waals surface area contributed by atoms with Crippen molar-refractivity contribution in [2.75, 3.05) is 26.8 Å². The van der Waals surface area contributed by atoms with Crippen molar-refractivity contribution in [1.29, 1.82) is 0 Å². The Morgan fingerprint density at radius 3 is 2.69 bits per heavy atom. The van der Waals surface area contributed by atoms with Crippen LogP contribution in [0, 0.1) is 11.3 Å². The van der Waals surface area contributed by atoms with Crippen molar-refractivity contribution >= 4 is 12.4 Å². The van der Waals surface area contributed by atoms with Crippen molar-refractivity contribution in [3.8, 4) is 0 Å². The van der Waals surface area contributed by atoms with E-state index in [4.69, 9.17) is 4.74 Å². The molecule has 0 amide bonds. The number of nitrogens with one attached hydrogen (secondary N) is 1. The summed E-state index contributed by atoms with van der Waals surface area (Å²) in [6.45, 7) is 1.36. The Hall–Kier alpha value is 0.0700. The summed E-state index contributed by atoms with van der Waals surface area (Å²) in [7, 11) is 1.48. The molecule has 0 aromatic carbocycles. The molecule has 78 valence electrons. The SMILES string of the molecule is COCC1C(F)(F)C12CCNC2.Cl. The van der Waals surface area contributed by atoms with E-state index in [-0.39, 0.29) is 19.0 Å². The number of hydrogen-bond acceptors (Lipinski definition) is 2. The summed E-state index contributed by atoms with van der Waals surface area (Å²) in [6, 6.07) is 0. The first-order valence-electron chi connectivity index (χ1n) is 4.22. The number of methoxy groups -OCH3 is 1. The minimum atomic E-state index is -2.49. The van der Waals surface area contributed by atoms with Crippen molar-refractivity contribution in [3.05, 3.63) is 0 Å². The van der Waals surface area contributed by atoms with E-state index in [0.29, 0.717) is 13.0 Å². The highest BCUT2D eigenvalue weighted by molar-refractivity contribution is 5.85. The van der Waals surface area contributed by atoms with E-state index in [9.17, 15) is 8.78 Å². The molecule has 1 aliphatic carbocycles. The Morgan fingerprint density at radius 1 is 1.54 bits per heavy atom. The lowest BCUT2D eigenvalue weighted by atomic mass is 10.0. The fourth-order valence-electron chi connectivity index (χ4n) is 2.32. The molecule has 2 rings (SSSR count). The Bertz CT molecular complexity index is 195. The summed E-state index contributed by atoms with van der Waals surface area (Å²) in [6.07, 6.45) is 0.591. The van der Waals surface area contributed by atoms with Gasteiger partial charge in [0.1, 0.15) is 0 Å². The van der Waals surface area contributed by atoms with Gasteiger partial charge >= 0.3 is 0 Å². The van der Waals surface area contributed by atoms with Gasteiger partial charge < -0.3 is 10.1 Å². The fourth-order valence-corrected chi connectivity index (χ4v) is 2.32. The van der Waals surface area contributed by atoms with Gasteiger partial charge in [0.15, 0.2) is 0 Å². The van der Waals surface area contributed by atoms with Gasteiger partial charge in [-0.1, -0.05) is 0 Å². The molecule has 13 heavy (non-hydrogen) atoms. The number of ether oxygens (including phenoxy) is 1. The molecule has 1 heterocycles.